The molecule has 1 aromatic heterocycles. The Morgan fingerprint density at radius 3 is 2.60 bits per heavy atom. The van der Waals surface area contributed by atoms with E-state index in [2.05, 4.69) is 15.5 Å². The van der Waals surface area contributed by atoms with Crippen molar-refractivity contribution in [2.24, 2.45) is 10.2 Å². The number of furan rings is 1. The molecule has 0 saturated carbocycles. The van der Waals surface area contributed by atoms with Crippen molar-refractivity contribution in [3.8, 4) is 5.75 Å². The highest BCUT2D eigenvalue weighted by Gasteiger charge is 2.34. The van der Waals surface area contributed by atoms with Crippen LogP contribution in [0, 0.1) is 5.82 Å². The highest BCUT2D eigenvalue weighted by molar-refractivity contribution is 8.18. The van der Waals surface area contributed by atoms with Crippen molar-refractivity contribution >= 4 is 69.9 Å². The van der Waals surface area contributed by atoms with Crippen LogP contribution in [-0.2, 0) is 16.1 Å². The first kappa shape index (κ1) is 29.1. The summed E-state index contributed by atoms with van der Waals surface area (Å²) in [5.41, 5.74) is 1.60. The van der Waals surface area contributed by atoms with Crippen LogP contribution in [0.25, 0.3) is 6.08 Å². The van der Waals surface area contributed by atoms with Crippen molar-refractivity contribution < 1.29 is 23.1 Å². The summed E-state index contributed by atoms with van der Waals surface area (Å²) in [5.74, 6) is -0.180. The van der Waals surface area contributed by atoms with Crippen molar-refractivity contribution in [3.63, 3.8) is 0 Å². The Hall–Kier alpha value is -4.38. The van der Waals surface area contributed by atoms with E-state index in [4.69, 9.17) is 32.4 Å². The van der Waals surface area contributed by atoms with Gasteiger partial charge in [0.1, 0.15) is 17.3 Å². The second-order valence-corrected chi connectivity index (χ2v) is 10.5. The van der Waals surface area contributed by atoms with Gasteiger partial charge in [-0.2, -0.15) is 5.10 Å². The zero-order valence-electron chi connectivity index (χ0n) is 21.7. The van der Waals surface area contributed by atoms with Crippen molar-refractivity contribution in [2.75, 3.05) is 11.9 Å². The number of amides is 2. The smallest absolute Gasteiger partial charge is 0.267 e. The number of halogens is 3. The van der Waals surface area contributed by atoms with Crippen LogP contribution < -0.4 is 10.1 Å². The molecule has 4 aromatic rings. The molecule has 42 heavy (non-hydrogen) atoms. The van der Waals surface area contributed by atoms with E-state index in [0.29, 0.717) is 48.4 Å². The summed E-state index contributed by atoms with van der Waals surface area (Å²) in [4.78, 5) is 27.7. The number of benzene rings is 3. The molecule has 0 unspecified atom stereocenters. The van der Waals surface area contributed by atoms with Crippen LogP contribution in [0.3, 0.4) is 0 Å². The van der Waals surface area contributed by atoms with Crippen molar-refractivity contribution in [3.05, 3.63) is 123 Å². The molecule has 0 atom stereocenters. The molecule has 1 saturated heterocycles. The molecule has 0 radical (unpaired) electrons. The molecule has 1 aliphatic rings. The highest BCUT2D eigenvalue weighted by atomic mass is 35.5. The van der Waals surface area contributed by atoms with Crippen molar-refractivity contribution in [1.29, 1.82) is 0 Å². The quantitative estimate of drug-likeness (QED) is 0.120. The van der Waals surface area contributed by atoms with Crippen LogP contribution in [-0.4, -0.2) is 34.7 Å². The number of ether oxygens (including phenoxy) is 1. The van der Waals surface area contributed by atoms with Gasteiger partial charge in [-0.05, 0) is 66.4 Å². The molecular weight excluding hydrogens is 602 g/mol. The standard InChI is InChI=1S/C30H21Cl2FN4O4S/c31-24-8-3-6-20(28(24)32)16-34-36-30-37(17-23-7-4-14-40-23)29(39)26(42-30)15-19-5-1-2-9-25(19)41-18-27(38)35-22-12-10-21(33)11-13-22/h1-16H,17-18H2,(H,35,38)/b26-15-,34-16+,36-30-. The average molecular weight is 623 g/mol. The second-order valence-electron chi connectivity index (χ2n) is 8.73. The second kappa shape index (κ2) is 13.5. The van der Waals surface area contributed by atoms with Gasteiger partial charge in [0, 0.05) is 16.8 Å². The van der Waals surface area contributed by atoms with Gasteiger partial charge >= 0.3 is 0 Å². The Bertz CT molecular complexity index is 1690. The third kappa shape index (κ3) is 7.27. The van der Waals surface area contributed by atoms with Crippen LogP contribution in [0.5, 0.6) is 5.75 Å². The molecule has 0 aliphatic carbocycles. The lowest BCUT2D eigenvalue weighted by Gasteiger charge is -2.12. The third-order valence-corrected chi connectivity index (χ3v) is 7.63. The summed E-state index contributed by atoms with van der Waals surface area (Å²) < 4.78 is 24.3. The monoisotopic (exact) mass is 622 g/mol. The molecule has 212 valence electrons. The van der Waals surface area contributed by atoms with Gasteiger partial charge in [-0.3, -0.25) is 14.5 Å². The summed E-state index contributed by atoms with van der Waals surface area (Å²) >= 11 is 13.5. The molecule has 0 bridgehead atoms. The van der Waals surface area contributed by atoms with Crippen LogP contribution in [0.2, 0.25) is 10.0 Å². The highest BCUT2D eigenvalue weighted by Crippen LogP contribution is 2.35. The predicted molar refractivity (Wildman–Crippen MR) is 163 cm³/mol. The first-order valence-electron chi connectivity index (χ1n) is 12.4. The fourth-order valence-electron chi connectivity index (χ4n) is 3.79. The molecule has 2 amide bonds. The maximum absolute atomic E-state index is 13.5. The van der Waals surface area contributed by atoms with E-state index in [0.717, 1.165) is 11.8 Å². The van der Waals surface area contributed by atoms with Crippen molar-refractivity contribution in [1.82, 2.24) is 4.90 Å². The molecule has 1 N–H and O–H groups in total. The van der Waals surface area contributed by atoms with Crippen LogP contribution in [0.15, 0.2) is 105 Å². The number of amidine groups is 1. The number of thioether (sulfide) groups is 1. The first-order valence-corrected chi connectivity index (χ1v) is 14.0. The first-order chi connectivity index (χ1) is 20.4. The largest absolute Gasteiger partial charge is 0.483 e. The third-order valence-electron chi connectivity index (χ3n) is 5.80. The SMILES string of the molecule is O=C(COc1ccccc1/C=C1\S/C(=N\N=C\c2cccc(Cl)c2Cl)N(Cc2ccco2)C1=O)Nc1ccc(F)cc1. The Labute approximate surface area is 254 Å². The van der Waals surface area contributed by atoms with Gasteiger partial charge in [-0.1, -0.05) is 53.5 Å². The zero-order valence-corrected chi connectivity index (χ0v) is 24.0. The van der Waals surface area contributed by atoms with E-state index in [9.17, 15) is 14.0 Å². The molecule has 5 rings (SSSR count). The molecule has 8 nitrogen and oxygen atoms in total. The topological polar surface area (TPSA) is 96.5 Å². The summed E-state index contributed by atoms with van der Waals surface area (Å²) in [5, 5.41) is 12.1. The number of carbonyl (C=O) groups excluding carboxylic acids is 2. The predicted octanol–water partition coefficient (Wildman–Crippen LogP) is 7.25. The van der Waals surface area contributed by atoms with Crippen LogP contribution in [0.4, 0.5) is 10.1 Å². The molecule has 2 heterocycles. The van der Waals surface area contributed by atoms with Gasteiger partial charge in [0.25, 0.3) is 11.8 Å². The van der Waals surface area contributed by atoms with Gasteiger partial charge in [0.2, 0.25) is 0 Å². The summed E-state index contributed by atoms with van der Waals surface area (Å²) in [6, 6.07) is 21.0. The molecule has 1 aliphatic heterocycles. The number of carbonyl (C=O) groups is 2. The van der Waals surface area contributed by atoms with E-state index in [1.54, 1.807) is 60.7 Å². The minimum absolute atomic E-state index is 0.143. The fraction of sp³-hybridized carbons (Fsp3) is 0.0667. The Balaban J connectivity index is 1.35. The minimum atomic E-state index is -0.424. The minimum Gasteiger partial charge on any atom is -0.483 e. The molecular formula is C30H21Cl2FN4O4S. The number of para-hydroxylation sites is 1. The molecule has 0 spiro atoms. The summed E-state index contributed by atoms with van der Waals surface area (Å²) in [7, 11) is 0. The lowest BCUT2D eigenvalue weighted by molar-refractivity contribution is -0.122. The number of nitrogens with one attached hydrogen (secondary N) is 1. The van der Waals surface area contributed by atoms with E-state index < -0.39 is 11.7 Å². The van der Waals surface area contributed by atoms with E-state index in [1.807, 2.05) is 0 Å². The Morgan fingerprint density at radius 1 is 1.02 bits per heavy atom. The van der Waals surface area contributed by atoms with Gasteiger partial charge < -0.3 is 14.5 Å². The Kier molecular flexibility index (Phi) is 9.38. The fourth-order valence-corrected chi connectivity index (χ4v) is 5.07. The average Bonchev–Trinajstić information content (AvgIpc) is 3.60. The molecule has 1 fully saturated rings. The number of hydrogen-bond donors (Lipinski definition) is 1. The molecule has 3 aromatic carbocycles. The van der Waals surface area contributed by atoms with Gasteiger partial charge in [0.05, 0.1) is 34.0 Å². The van der Waals surface area contributed by atoms with E-state index in [1.165, 1.54) is 41.6 Å². The zero-order chi connectivity index (χ0) is 29.5. The lowest BCUT2D eigenvalue weighted by Crippen LogP contribution is -2.28. The van der Waals surface area contributed by atoms with Gasteiger partial charge in [-0.15, -0.1) is 5.10 Å². The van der Waals surface area contributed by atoms with Gasteiger partial charge in [-0.25, -0.2) is 4.39 Å². The van der Waals surface area contributed by atoms with E-state index >= 15 is 0 Å². The maximum Gasteiger partial charge on any atom is 0.267 e. The van der Waals surface area contributed by atoms with Crippen LogP contribution in [0.1, 0.15) is 16.9 Å². The van der Waals surface area contributed by atoms with Crippen LogP contribution >= 0.6 is 35.0 Å². The normalized spacial score (nSPS) is 15.2. The Morgan fingerprint density at radius 2 is 1.81 bits per heavy atom. The summed E-state index contributed by atoms with van der Waals surface area (Å²) in [6.07, 6.45) is 4.64. The number of nitrogens with zero attached hydrogens (tertiary/aromatic N) is 3. The maximum atomic E-state index is 13.5. The van der Waals surface area contributed by atoms with Gasteiger partial charge in [0.15, 0.2) is 11.8 Å². The summed E-state index contributed by atoms with van der Waals surface area (Å²) in [6.45, 7) is -0.152. The number of anilines is 1. The van der Waals surface area contributed by atoms with E-state index in [-0.39, 0.29) is 19.1 Å². The number of hydrogen-bond acceptors (Lipinski definition) is 7. The van der Waals surface area contributed by atoms with Crippen molar-refractivity contribution in [2.45, 2.75) is 6.54 Å². The number of rotatable bonds is 9. The molecule has 12 heteroatoms. The lowest BCUT2D eigenvalue weighted by atomic mass is 10.2.